The molecule has 2 rings (SSSR count). The minimum Gasteiger partial charge on any atom is -0.384 e. The van der Waals surface area contributed by atoms with E-state index >= 15 is 0 Å². The maximum atomic E-state index is 11.7. The Labute approximate surface area is 106 Å². The minimum absolute atomic E-state index is 0.479. The van der Waals surface area contributed by atoms with Crippen molar-refractivity contribution < 1.29 is 13.5 Å². The number of sulfone groups is 1. The summed E-state index contributed by atoms with van der Waals surface area (Å²) < 4.78 is 23.4. The van der Waals surface area contributed by atoms with Crippen molar-refractivity contribution in [1.29, 1.82) is 0 Å². The fraction of sp³-hybridized carbons (Fsp3) is 0.500. The Hall–Kier alpha value is -0.580. The zero-order chi connectivity index (χ0) is 12.7. The molecular formula is C12H15ClO3S. The van der Waals surface area contributed by atoms with E-state index in [1.165, 1.54) is 6.26 Å². The highest BCUT2D eigenvalue weighted by Crippen LogP contribution is 2.42. The van der Waals surface area contributed by atoms with E-state index in [4.69, 9.17) is 11.6 Å². The first kappa shape index (κ1) is 12.9. The van der Waals surface area contributed by atoms with Gasteiger partial charge in [-0.1, -0.05) is 23.7 Å². The van der Waals surface area contributed by atoms with E-state index in [2.05, 4.69) is 0 Å². The van der Waals surface area contributed by atoms with E-state index < -0.39 is 20.7 Å². The van der Waals surface area contributed by atoms with Crippen LogP contribution in [0.3, 0.4) is 0 Å². The van der Waals surface area contributed by atoms with Gasteiger partial charge < -0.3 is 5.11 Å². The molecule has 1 aromatic carbocycles. The van der Waals surface area contributed by atoms with Gasteiger partial charge in [-0.05, 0) is 37.0 Å². The molecule has 2 unspecified atom stereocenters. The second kappa shape index (κ2) is 4.26. The largest absolute Gasteiger partial charge is 0.384 e. The summed E-state index contributed by atoms with van der Waals surface area (Å²) in [5.74, 6) is 0. The molecule has 0 bridgehead atoms. The molecule has 5 heteroatoms. The predicted octanol–water partition coefficient (Wildman–Crippen LogP) is 2.12. The Morgan fingerprint density at radius 2 is 1.94 bits per heavy atom. The van der Waals surface area contributed by atoms with E-state index in [9.17, 15) is 13.5 Å². The summed E-state index contributed by atoms with van der Waals surface area (Å²) in [5, 5.41) is 10.5. The lowest BCUT2D eigenvalue weighted by molar-refractivity contribution is 0.0477. The summed E-state index contributed by atoms with van der Waals surface area (Å²) in [6.07, 6.45) is 2.89. The molecule has 1 aliphatic carbocycles. The van der Waals surface area contributed by atoms with Crippen LogP contribution in [0.25, 0.3) is 0 Å². The van der Waals surface area contributed by atoms with Crippen LogP contribution in [0.5, 0.6) is 0 Å². The van der Waals surface area contributed by atoms with Crippen LogP contribution < -0.4 is 0 Å². The van der Waals surface area contributed by atoms with E-state index in [1.54, 1.807) is 24.3 Å². The molecule has 0 amide bonds. The van der Waals surface area contributed by atoms with Gasteiger partial charge in [-0.3, -0.25) is 0 Å². The third kappa shape index (κ3) is 2.34. The quantitative estimate of drug-likeness (QED) is 0.899. The van der Waals surface area contributed by atoms with Crippen LogP contribution in [0, 0.1) is 0 Å². The molecule has 1 aliphatic rings. The van der Waals surface area contributed by atoms with Gasteiger partial charge in [0, 0.05) is 11.3 Å². The highest BCUT2D eigenvalue weighted by molar-refractivity contribution is 7.91. The summed E-state index contributed by atoms with van der Waals surface area (Å²) >= 11 is 5.79. The van der Waals surface area contributed by atoms with Crippen molar-refractivity contribution in [2.45, 2.75) is 30.1 Å². The number of rotatable bonds is 2. The zero-order valence-corrected chi connectivity index (χ0v) is 11.1. The SMILES string of the molecule is CS(=O)(=O)C1CCCC1(O)c1ccc(Cl)cc1. The normalized spacial score (nSPS) is 29.5. The smallest absolute Gasteiger partial charge is 0.153 e. The molecular weight excluding hydrogens is 260 g/mol. The molecule has 17 heavy (non-hydrogen) atoms. The average Bonchev–Trinajstić information content (AvgIpc) is 2.62. The number of hydrogen-bond donors (Lipinski definition) is 1. The van der Waals surface area contributed by atoms with Gasteiger partial charge in [0.15, 0.2) is 9.84 Å². The van der Waals surface area contributed by atoms with Crippen LogP contribution in [0.2, 0.25) is 5.02 Å². The number of halogens is 1. The molecule has 94 valence electrons. The molecule has 1 fully saturated rings. The van der Waals surface area contributed by atoms with Gasteiger partial charge in [0.05, 0.1) is 5.25 Å². The number of aliphatic hydroxyl groups is 1. The van der Waals surface area contributed by atoms with Gasteiger partial charge in [0.1, 0.15) is 5.60 Å². The maximum Gasteiger partial charge on any atom is 0.153 e. The Morgan fingerprint density at radius 3 is 2.47 bits per heavy atom. The fourth-order valence-corrected chi connectivity index (χ4v) is 4.28. The Morgan fingerprint density at radius 1 is 1.35 bits per heavy atom. The number of hydrogen-bond acceptors (Lipinski definition) is 3. The van der Waals surface area contributed by atoms with Crippen LogP contribution in [0.4, 0.5) is 0 Å². The Kier molecular flexibility index (Phi) is 3.23. The summed E-state index contributed by atoms with van der Waals surface area (Å²) in [6.45, 7) is 0. The van der Waals surface area contributed by atoms with Gasteiger partial charge in [0.25, 0.3) is 0 Å². The molecule has 0 spiro atoms. The van der Waals surface area contributed by atoms with Gasteiger partial charge in [-0.15, -0.1) is 0 Å². The molecule has 2 atom stereocenters. The number of benzene rings is 1. The monoisotopic (exact) mass is 274 g/mol. The second-order valence-corrected chi connectivity index (χ2v) is 7.31. The lowest BCUT2D eigenvalue weighted by Crippen LogP contribution is -2.39. The van der Waals surface area contributed by atoms with Gasteiger partial charge in [0.2, 0.25) is 0 Å². The van der Waals surface area contributed by atoms with E-state index in [-0.39, 0.29) is 0 Å². The van der Waals surface area contributed by atoms with Crippen molar-refractivity contribution in [3.8, 4) is 0 Å². The summed E-state index contributed by atoms with van der Waals surface area (Å²) in [7, 11) is -3.25. The maximum absolute atomic E-state index is 11.7. The zero-order valence-electron chi connectivity index (χ0n) is 9.56. The Bertz CT molecular complexity index is 509. The van der Waals surface area contributed by atoms with Gasteiger partial charge in [-0.2, -0.15) is 0 Å². The predicted molar refractivity (Wildman–Crippen MR) is 67.8 cm³/mol. The van der Waals surface area contributed by atoms with Crippen LogP contribution >= 0.6 is 11.6 Å². The van der Waals surface area contributed by atoms with Crippen molar-refractivity contribution in [3.05, 3.63) is 34.9 Å². The van der Waals surface area contributed by atoms with Crippen molar-refractivity contribution in [3.63, 3.8) is 0 Å². The van der Waals surface area contributed by atoms with Crippen molar-refractivity contribution >= 4 is 21.4 Å². The molecule has 1 saturated carbocycles. The van der Waals surface area contributed by atoms with Crippen molar-refractivity contribution in [2.75, 3.05) is 6.26 Å². The lowest BCUT2D eigenvalue weighted by atomic mass is 9.92. The molecule has 3 nitrogen and oxygen atoms in total. The van der Waals surface area contributed by atoms with E-state index in [0.717, 1.165) is 6.42 Å². The Balaban J connectivity index is 2.44. The van der Waals surface area contributed by atoms with Crippen molar-refractivity contribution in [1.82, 2.24) is 0 Å². The first-order chi connectivity index (χ1) is 7.84. The first-order valence-electron chi connectivity index (χ1n) is 5.51. The first-order valence-corrected chi connectivity index (χ1v) is 7.84. The molecule has 0 aromatic heterocycles. The minimum atomic E-state index is -3.25. The van der Waals surface area contributed by atoms with Crippen LogP contribution in [0.1, 0.15) is 24.8 Å². The highest BCUT2D eigenvalue weighted by atomic mass is 35.5. The van der Waals surface area contributed by atoms with Crippen LogP contribution in [0.15, 0.2) is 24.3 Å². The summed E-state index contributed by atoms with van der Waals surface area (Å²) in [5.41, 5.74) is -0.632. The second-order valence-electron chi connectivity index (χ2n) is 4.64. The summed E-state index contributed by atoms with van der Waals surface area (Å²) in [6, 6.07) is 6.75. The molecule has 1 N–H and O–H groups in total. The molecule has 0 heterocycles. The third-order valence-electron chi connectivity index (χ3n) is 3.42. The van der Waals surface area contributed by atoms with Gasteiger partial charge >= 0.3 is 0 Å². The summed E-state index contributed by atoms with van der Waals surface area (Å²) in [4.78, 5) is 0. The third-order valence-corrected chi connectivity index (χ3v) is 5.33. The van der Waals surface area contributed by atoms with Gasteiger partial charge in [-0.25, -0.2) is 8.42 Å². The highest BCUT2D eigenvalue weighted by Gasteiger charge is 2.47. The average molecular weight is 275 g/mol. The van der Waals surface area contributed by atoms with E-state index in [0.29, 0.717) is 23.4 Å². The molecule has 0 saturated heterocycles. The van der Waals surface area contributed by atoms with E-state index in [1.807, 2.05) is 0 Å². The molecule has 0 radical (unpaired) electrons. The topological polar surface area (TPSA) is 54.4 Å². The van der Waals surface area contributed by atoms with Crippen molar-refractivity contribution in [2.24, 2.45) is 0 Å². The van der Waals surface area contributed by atoms with Crippen LogP contribution in [-0.2, 0) is 15.4 Å². The lowest BCUT2D eigenvalue weighted by Gasteiger charge is -2.29. The fourth-order valence-electron chi connectivity index (χ4n) is 2.59. The molecule has 1 aromatic rings. The van der Waals surface area contributed by atoms with Crippen LogP contribution in [-0.4, -0.2) is 25.0 Å². The molecule has 0 aliphatic heterocycles. The standard InChI is InChI=1S/C12H15ClO3S/c1-17(15,16)11-3-2-8-12(11,14)9-4-6-10(13)7-5-9/h4-7,11,14H,2-3,8H2,1H3.